The molecular formula is C15H16ClN3O2. The number of fused-ring (bicyclic) bond motifs is 1. The van der Waals surface area contributed by atoms with E-state index in [0.29, 0.717) is 35.7 Å². The summed E-state index contributed by atoms with van der Waals surface area (Å²) < 4.78 is 0. The molecule has 1 aromatic heterocycles. The van der Waals surface area contributed by atoms with Gasteiger partial charge >= 0.3 is 0 Å². The third kappa shape index (κ3) is 3.24. The maximum absolute atomic E-state index is 12.0. The van der Waals surface area contributed by atoms with Crippen molar-refractivity contribution in [3.63, 3.8) is 0 Å². The Morgan fingerprint density at radius 1 is 1.38 bits per heavy atom. The maximum atomic E-state index is 12.0. The van der Waals surface area contributed by atoms with Crippen molar-refractivity contribution in [1.82, 2.24) is 14.9 Å². The lowest BCUT2D eigenvalue weighted by molar-refractivity contribution is -0.129. The first kappa shape index (κ1) is 14.1. The Bertz CT molecular complexity index is 724. The first-order valence-corrected chi connectivity index (χ1v) is 7.52. The Labute approximate surface area is 126 Å². The van der Waals surface area contributed by atoms with E-state index < -0.39 is 0 Å². The van der Waals surface area contributed by atoms with Crippen LogP contribution in [0.2, 0.25) is 0 Å². The largest absolute Gasteiger partial charge is 0.334 e. The van der Waals surface area contributed by atoms with E-state index in [9.17, 15) is 9.59 Å². The monoisotopic (exact) mass is 305 g/mol. The first-order chi connectivity index (χ1) is 10.2. The average molecular weight is 306 g/mol. The number of para-hydroxylation sites is 1. The zero-order chi connectivity index (χ0) is 14.8. The highest BCUT2D eigenvalue weighted by atomic mass is 35.5. The minimum absolute atomic E-state index is 0.0511. The summed E-state index contributed by atoms with van der Waals surface area (Å²) in [5.41, 5.74) is 0.459. The molecule has 5 nitrogen and oxygen atoms in total. The Morgan fingerprint density at radius 2 is 2.14 bits per heavy atom. The smallest absolute Gasteiger partial charge is 0.258 e. The van der Waals surface area contributed by atoms with Crippen molar-refractivity contribution in [2.75, 3.05) is 12.4 Å². The van der Waals surface area contributed by atoms with Crippen molar-refractivity contribution >= 4 is 28.4 Å². The van der Waals surface area contributed by atoms with Gasteiger partial charge in [0, 0.05) is 6.54 Å². The van der Waals surface area contributed by atoms with Crippen LogP contribution in [0.15, 0.2) is 29.1 Å². The van der Waals surface area contributed by atoms with E-state index >= 15 is 0 Å². The number of aromatic amines is 1. The van der Waals surface area contributed by atoms with Crippen LogP contribution >= 0.6 is 11.6 Å². The van der Waals surface area contributed by atoms with Gasteiger partial charge in [0.05, 0.1) is 17.4 Å². The summed E-state index contributed by atoms with van der Waals surface area (Å²) in [6.07, 6.45) is 2.29. The highest BCUT2D eigenvalue weighted by Crippen LogP contribution is 2.30. The minimum atomic E-state index is -0.180. The van der Waals surface area contributed by atoms with Crippen LogP contribution < -0.4 is 5.56 Å². The second kappa shape index (κ2) is 5.85. The number of nitrogens with zero attached hydrogens (tertiary/aromatic N) is 2. The molecule has 2 aromatic rings. The van der Waals surface area contributed by atoms with Crippen LogP contribution in [-0.4, -0.2) is 33.2 Å². The van der Waals surface area contributed by atoms with E-state index in [0.717, 1.165) is 12.8 Å². The van der Waals surface area contributed by atoms with Gasteiger partial charge in [0.15, 0.2) is 0 Å². The molecule has 0 saturated heterocycles. The van der Waals surface area contributed by atoms with Crippen LogP contribution in [0.5, 0.6) is 0 Å². The predicted molar refractivity (Wildman–Crippen MR) is 81.2 cm³/mol. The molecule has 21 heavy (non-hydrogen) atoms. The topological polar surface area (TPSA) is 66.1 Å². The molecule has 0 unspecified atom stereocenters. The van der Waals surface area contributed by atoms with Gasteiger partial charge in [0.1, 0.15) is 11.7 Å². The van der Waals surface area contributed by atoms with Gasteiger partial charge in [-0.05, 0) is 30.9 Å². The molecular weight excluding hydrogens is 290 g/mol. The summed E-state index contributed by atoms with van der Waals surface area (Å²) in [5, 5.41) is 0.554. The number of carbonyl (C=O) groups excluding carboxylic acids is 1. The first-order valence-electron chi connectivity index (χ1n) is 6.99. The Morgan fingerprint density at radius 3 is 2.86 bits per heavy atom. The van der Waals surface area contributed by atoms with E-state index in [4.69, 9.17) is 11.6 Å². The molecule has 1 fully saturated rings. The summed E-state index contributed by atoms with van der Waals surface area (Å²) in [6.45, 7) is 0.976. The fraction of sp³-hybridized carbons (Fsp3) is 0.400. The predicted octanol–water partition coefficient (Wildman–Crippen LogP) is 1.90. The van der Waals surface area contributed by atoms with Gasteiger partial charge in [-0.15, -0.1) is 11.6 Å². The molecule has 1 saturated carbocycles. The highest BCUT2D eigenvalue weighted by molar-refractivity contribution is 6.27. The van der Waals surface area contributed by atoms with Crippen molar-refractivity contribution in [2.45, 2.75) is 19.4 Å². The number of nitrogens with one attached hydrogen (secondary N) is 1. The number of amides is 1. The number of alkyl halides is 1. The van der Waals surface area contributed by atoms with Gasteiger partial charge in [0.25, 0.3) is 5.56 Å². The second-order valence-corrected chi connectivity index (χ2v) is 5.65. The van der Waals surface area contributed by atoms with Gasteiger partial charge in [-0.2, -0.15) is 0 Å². The Balaban J connectivity index is 1.87. The summed E-state index contributed by atoms with van der Waals surface area (Å²) >= 11 is 5.66. The number of hydrogen-bond acceptors (Lipinski definition) is 3. The van der Waals surface area contributed by atoms with Gasteiger partial charge in [-0.1, -0.05) is 12.1 Å². The van der Waals surface area contributed by atoms with E-state index in [1.165, 1.54) is 0 Å². The molecule has 1 aliphatic carbocycles. The maximum Gasteiger partial charge on any atom is 0.258 e. The SMILES string of the molecule is O=C(CCl)N(Cc1nc2ccccc2c(=O)[nH]1)CC1CC1. The number of aromatic nitrogens is 2. The molecule has 0 aliphatic heterocycles. The van der Waals surface area contributed by atoms with Crippen LogP contribution in [0, 0.1) is 5.92 Å². The van der Waals surface area contributed by atoms with E-state index in [2.05, 4.69) is 9.97 Å². The molecule has 110 valence electrons. The average Bonchev–Trinajstić information content (AvgIpc) is 3.30. The lowest BCUT2D eigenvalue weighted by Gasteiger charge is -2.21. The summed E-state index contributed by atoms with van der Waals surface area (Å²) in [4.78, 5) is 32.8. The fourth-order valence-corrected chi connectivity index (χ4v) is 2.51. The molecule has 3 rings (SSSR count). The number of carbonyl (C=O) groups is 1. The van der Waals surface area contributed by atoms with Crippen molar-refractivity contribution in [1.29, 1.82) is 0 Å². The van der Waals surface area contributed by atoms with E-state index in [1.54, 1.807) is 23.1 Å². The van der Waals surface area contributed by atoms with Crippen LogP contribution in [0.1, 0.15) is 18.7 Å². The molecule has 0 bridgehead atoms. The molecule has 6 heteroatoms. The quantitative estimate of drug-likeness (QED) is 0.858. The lowest BCUT2D eigenvalue weighted by atomic mass is 10.2. The molecule has 0 spiro atoms. The molecule has 1 heterocycles. The zero-order valence-electron chi connectivity index (χ0n) is 11.5. The lowest BCUT2D eigenvalue weighted by Crippen LogP contribution is -2.34. The van der Waals surface area contributed by atoms with Crippen molar-refractivity contribution < 1.29 is 4.79 Å². The van der Waals surface area contributed by atoms with Crippen LogP contribution in [-0.2, 0) is 11.3 Å². The summed E-state index contributed by atoms with van der Waals surface area (Å²) in [6, 6.07) is 7.17. The summed E-state index contributed by atoms with van der Waals surface area (Å²) in [5.74, 6) is 0.881. The van der Waals surface area contributed by atoms with E-state index in [1.807, 2.05) is 6.07 Å². The molecule has 0 radical (unpaired) electrons. The molecule has 1 amide bonds. The van der Waals surface area contributed by atoms with Gasteiger partial charge in [-0.3, -0.25) is 9.59 Å². The van der Waals surface area contributed by atoms with Crippen LogP contribution in [0.3, 0.4) is 0 Å². The van der Waals surface area contributed by atoms with Gasteiger partial charge in [0.2, 0.25) is 5.91 Å². The number of hydrogen-bond donors (Lipinski definition) is 1. The fourth-order valence-electron chi connectivity index (χ4n) is 2.34. The molecule has 1 N–H and O–H groups in total. The van der Waals surface area contributed by atoms with Crippen molar-refractivity contribution in [3.05, 3.63) is 40.4 Å². The minimum Gasteiger partial charge on any atom is -0.334 e. The number of halogens is 1. The third-order valence-electron chi connectivity index (χ3n) is 3.65. The molecule has 0 atom stereocenters. The highest BCUT2D eigenvalue weighted by Gasteiger charge is 2.27. The van der Waals surface area contributed by atoms with Crippen molar-refractivity contribution in [3.8, 4) is 0 Å². The van der Waals surface area contributed by atoms with Gasteiger partial charge < -0.3 is 9.88 Å². The number of rotatable bonds is 5. The number of benzene rings is 1. The van der Waals surface area contributed by atoms with Crippen LogP contribution in [0.4, 0.5) is 0 Å². The normalized spacial score (nSPS) is 14.3. The Kier molecular flexibility index (Phi) is 3.92. The summed E-state index contributed by atoms with van der Waals surface area (Å²) in [7, 11) is 0. The second-order valence-electron chi connectivity index (χ2n) is 5.38. The van der Waals surface area contributed by atoms with Gasteiger partial charge in [-0.25, -0.2) is 4.98 Å². The number of H-pyrrole nitrogens is 1. The van der Waals surface area contributed by atoms with Crippen molar-refractivity contribution in [2.24, 2.45) is 5.92 Å². The Hall–Kier alpha value is -1.88. The third-order valence-corrected chi connectivity index (χ3v) is 3.87. The standard InChI is InChI=1S/C15H16ClN3O2/c16-7-14(20)19(8-10-5-6-10)9-13-17-12-4-2-1-3-11(12)15(21)18-13/h1-4,10H,5-9H2,(H,17,18,21). The van der Waals surface area contributed by atoms with E-state index in [-0.39, 0.29) is 17.3 Å². The van der Waals surface area contributed by atoms with Crippen LogP contribution in [0.25, 0.3) is 10.9 Å². The molecule has 1 aliphatic rings. The molecule has 1 aromatic carbocycles. The zero-order valence-corrected chi connectivity index (χ0v) is 12.3.